The Kier molecular flexibility index (Phi) is 5.22. The van der Waals surface area contributed by atoms with Crippen LogP contribution in [0.25, 0.3) is 0 Å². The van der Waals surface area contributed by atoms with Gasteiger partial charge in [-0.05, 0) is 48.9 Å². The van der Waals surface area contributed by atoms with E-state index in [1.165, 1.54) is 17.7 Å². The van der Waals surface area contributed by atoms with E-state index in [0.717, 1.165) is 10.2 Å². The Morgan fingerprint density at radius 2 is 1.95 bits per heavy atom. The topological polar surface area (TPSA) is 58.6 Å². The molecule has 2 N–H and O–H groups in total. The van der Waals surface area contributed by atoms with Crippen molar-refractivity contribution in [3.63, 3.8) is 0 Å². The van der Waals surface area contributed by atoms with Crippen LogP contribution < -0.4 is 10.1 Å². The minimum atomic E-state index is -0.937. The molecule has 0 bridgehead atoms. The number of hydrogen-bond acceptors (Lipinski definition) is 3. The Labute approximate surface area is 131 Å². The molecule has 2 aromatic rings. The van der Waals surface area contributed by atoms with Crippen LogP contribution in [0.1, 0.15) is 15.9 Å². The van der Waals surface area contributed by atoms with Gasteiger partial charge in [0.25, 0.3) is 0 Å². The largest absolute Gasteiger partial charge is 0.492 e. The van der Waals surface area contributed by atoms with Crippen molar-refractivity contribution in [2.45, 2.75) is 6.92 Å². The van der Waals surface area contributed by atoms with E-state index < -0.39 is 5.97 Å². The lowest BCUT2D eigenvalue weighted by atomic mass is 10.2. The maximum atomic E-state index is 10.7. The summed E-state index contributed by atoms with van der Waals surface area (Å²) in [5.74, 6) is -0.278. The molecule has 0 aliphatic carbocycles. The fraction of sp³-hybridized carbons (Fsp3) is 0.188. The lowest BCUT2D eigenvalue weighted by molar-refractivity contribution is 0.0697. The van der Waals surface area contributed by atoms with Gasteiger partial charge in [0, 0.05) is 16.7 Å². The first-order valence-electron chi connectivity index (χ1n) is 6.52. The third-order valence-electron chi connectivity index (χ3n) is 2.97. The molecule has 110 valence electrons. The molecule has 0 spiro atoms. The Balaban J connectivity index is 1.79. The van der Waals surface area contributed by atoms with Gasteiger partial charge in [0.15, 0.2) is 0 Å². The van der Waals surface area contributed by atoms with Crippen LogP contribution in [0.5, 0.6) is 5.75 Å². The quantitative estimate of drug-likeness (QED) is 0.775. The summed E-state index contributed by atoms with van der Waals surface area (Å²) >= 11 is 3.49. The second kappa shape index (κ2) is 7.13. The van der Waals surface area contributed by atoms with Gasteiger partial charge in [-0.2, -0.15) is 0 Å². The maximum absolute atomic E-state index is 10.7. The number of aryl methyl sites for hydroxylation is 1. The number of carboxylic acid groups (broad SMARTS) is 1. The summed E-state index contributed by atoms with van der Waals surface area (Å²) in [7, 11) is 0. The zero-order valence-corrected chi connectivity index (χ0v) is 13.2. The first kappa shape index (κ1) is 15.4. The second-order valence-electron chi connectivity index (χ2n) is 4.57. The summed E-state index contributed by atoms with van der Waals surface area (Å²) < 4.78 is 6.62. The molecule has 2 aromatic carbocycles. The highest BCUT2D eigenvalue weighted by Crippen LogP contribution is 2.20. The van der Waals surface area contributed by atoms with E-state index in [9.17, 15) is 4.79 Å². The Hall–Kier alpha value is -2.01. The number of rotatable bonds is 6. The van der Waals surface area contributed by atoms with E-state index in [4.69, 9.17) is 9.84 Å². The molecule has 5 heteroatoms. The second-order valence-corrected chi connectivity index (χ2v) is 5.42. The molecule has 0 aliphatic rings. The number of halogens is 1. The molecular formula is C16H16BrNO3. The van der Waals surface area contributed by atoms with E-state index in [-0.39, 0.29) is 5.56 Å². The van der Waals surface area contributed by atoms with Crippen molar-refractivity contribution < 1.29 is 14.6 Å². The molecule has 0 amide bonds. The number of nitrogens with one attached hydrogen (secondary N) is 1. The predicted molar refractivity (Wildman–Crippen MR) is 86.3 cm³/mol. The molecule has 2 rings (SSSR count). The van der Waals surface area contributed by atoms with Crippen LogP contribution in [0.15, 0.2) is 46.9 Å². The number of carbonyl (C=O) groups is 1. The first-order valence-corrected chi connectivity index (χ1v) is 7.32. The summed E-state index contributed by atoms with van der Waals surface area (Å²) in [5.41, 5.74) is 2.47. The Bertz CT molecular complexity index is 626. The monoisotopic (exact) mass is 349 g/mol. The summed E-state index contributed by atoms with van der Waals surface area (Å²) in [6.45, 7) is 3.20. The smallest absolute Gasteiger partial charge is 0.335 e. The van der Waals surface area contributed by atoms with Gasteiger partial charge in [-0.3, -0.25) is 0 Å². The van der Waals surface area contributed by atoms with Crippen LogP contribution in [-0.2, 0) is 0 Å². The third-order valence-corrected chi connectivity index (χ3v) is 3.83. The molecule has 0 saturated heterocycles. The van der Waals surface area contributed by atoms with Gasteiger partial charge in [-0.1, -0.05) is 22.0 Å². The standard InChI is InChI=1S/C16H16BrNO3/c1-11-2-5-13(10-15(11)17)18-8-9-21-14-6-3-12(4-7-14)16(19)20/h2-7,10,18H,8-9H2,1H3,(H,19,20). The molecule has 21 heavy (non-hydrogen) atoms. The average Bonchev–Trinajstić information content (AvgIpc) is 2.47. The van der Waals surface area contributed by atoms with Crippen molar-refractivity contribution in [2.75, 3.05) is 18.5 Å². The van der Waals surface area contributed by atoms with Gasteiger partial charge in [-0.25, -0.2) is 4.79 Å². The van der Waals surface area contributed by atoms with Crippen LogP contribution in [-0.4, -0.2) is 24.2 Å². The van der Waals surface area contributed by atoms with Crippen molar-refractivity contribution in [1.29, 1.82) is 0 Å². The highest BCUT2D eigenvalue weighted by Gasteiger charge is 2.02. The van der Waals surface area contributed by atoms with Crippen molar-refractivity contribution in [3.05, 3.63) is 58.1 Å². The first-order chi connectivity index (χ1) is 10.1. The van der Waals surface area contributed by atoms with E-state index in [2.05, 4.69) is 21.2 Å². The van der Waals surface area contributed by atoms with Gasteiger partial charge >= 0.3 is 5.97 Å². The number of hydrogen-bond donors (Lipinski definition) is 2. The van der Waals surface area contributed by atoms with Crippen LogP contribution >= 0.6 is 15.9 Å². The molecule has 4 nitrogen and oxygen atoms in total. The van der Waals surface area contributed by atoms with Crippen molar-refractivity contribution >= 4 is 27.6 Å². The zero-order valence-electron chi connectivity index (χ0n) is 11.6. The summed E-state index contributed by atoms with van der Waals surface area (Å²) in [5, 5.41) is 12.1. The van der Waals surface area contributed by atoms with Gasteiger partial charge in [0.2, 0.25) is 0 Å². The molecule has 0 atom stereocenters. The van der Waals surface area contributed by atoms with Gasteiger partial charge in [0.05, 0.1) is 5.56 Å². The van der Waals surface area contributed by atoms with E-state index in [1.54, 1.807) is 12.1 Å². The lowest BCUT2D eigenvalue weighted by Crippen LogP contribution is -2.11. The molecule has 0 heterocycles. The third kappa shape index (κ3) is 4.49. The normalized spacial score (nSPS) is 10.2. The molecule has 0 aliphatic heterocycles. The average molecular weight is 350 g/mol. The SMILES string of the molecule is Cc1ccc(NCCOc2ccc(C(=O)O)cc2)cc1Br. The maximum Gasteiger partial charge on any atom is 0.335 e. The Morgan fingerprint density at radius 3 is 2.57 bits per heavy atom. The molecule has 0 unspecified atom stereocenters. The van der Waals surface area contributed by atoms with Crippen LogP contribution in [0.2, 0.25) is 0 Å². The van der Waals surface area contributed by atoms with Crippen LogP contribution in [0.4, 0.5) is 5.69 Å². The minimum absolute atomic E-state index is 0.255. The number of ether oxygens (including phenoxy) is 1. The van der Waals surface area contributed by atoms with Crippen molar-refractivity contribution in [1.82, 2.24) is 0 Å². The predicted octanol–water partition coefficient (Wildman–Crippen LogP) is 3.95. The summed E-state index contributed by atoms with van der Waals surface area (Å²) in [4.78, 5) is 10.7. The van der Waals surface area contributed by atoms with Crippen LogP contribution in [0, 0.1) is 6.92 Å². The van der Waals surface area contributed by atoms with Crippen LogP contribution in [0.3, 0.4) is 0 Å². The molecule has 0 saturated carbocycles. The minimum Gasteiger partial charge on any atom is -0.492 e. The number of anilines is 1. The summed E-state index contributed by atoms with van der Waals surface area (Å²) in [6, 6.07) is 12.5. The molecule has 0 radical (unpaired) electrons. The van der Waals surface area contributed by atoms with Gasteiger partial charge in [0.1, 0.15) is 12.4 Å². The van der Waals surface area contributed by atoms with E-state index in [1.807, 2.05) is 25.1 Å². The lowest BCUT2D eigenvalue weighted by Gasteiger charge is -2.10. The highest BCUT2D eigenvalue weighted by molar-refractivity contribution is 9.10. The Morgan fingerprint density at radius 1 is 1.24 bits per heavy atom. The highest BCUT2D eigenvalue weighted by atomic mass is 79.9. The van der Waals surface area contributed by atoms with E-state index in [0.29, 0.717) is 18.9 Å². The number of benzene rings is 2. The molecular weight excluding hydrogens is 334 g/mol. The van der Waals surface area contributed by atoms with Crippen molar-refractivity contribution in [3.8, 4) is 5.75 Å². The van der Waals surface area contributed by atoms with Gasteiger partial charge < -0.3 is 15.2 Å². The van der Waals surface area contributed by atoms with Gasteiger partial charge in [-0.15, -0.1) is 0 Å². The number of aromatic carboxylic acids is 1. The molecule has 0 fully saturated rings. The fourth-order valence-corrected chi connectivity index (χ4v) is 2.14. The number of carboxylic acids is 1. The summed E-state index contributed by atoms with van der Waals surface area (Å²) in [6.07, 6.45) is 0. The van der Waals surface area contributed by atoms with Crippen molar-refractivity contribution in [2.24, 2.45) is 0 Å². The zero-order chi connectivity index (χ0) is 15.2. The molecule has 0 aromatic heterocycles. The van der Waals surface area contributed by atoms with E-state index >= 15 is 0 Å². The fourth-order valence-electron chi connectivity index (χ4n) is 1.76.